The lowest BCUT2D eigenvalue weighted by Gasteiger charge is -2.43. The molecule has 0 aliphatic carbocycles. The Hall–Kier alpha value is -2.25. The third-order valence-corrected chi connectivity index (χ3v) is 8.54. The number of methoxy groups -OCH3 is 1. The highest BCUT2D eigenvalue weighted by Crippen LogP contribution is 2.57. The lowest BCUT2D eigenvalue weighted by atomic mass is 9.97. The van der Waals surface area contributed by atoms with Gasteiger partial charge in [-0.05, 0) is 50.5 Å². The zero-order chi connectivity index (χ0) is 28.0. The van der Waals surface area contributed by atoms with Crippen molar-refractivity contribution in [1.29, 1.82) is 0 Å². The van der Waals surface area contributed by atoms with E-state index in [2.05, 4.69) is 5.32 Å². The molecular weight excluding hydrogens is 523 g/mol. The van der Waals surface area contributed by atoms with Gasteiger partial charge in [-0.3, -0.25) is 14.1 Å². The van der Waals surface area contributed by atoms with Crippen LogP contribution in [0.1, 0.15) is 40.0 Å². The van der Waals surface area contributed by atoms with Crippen LogP contribution in [0.15, 0.2) is 24.3 Å². The molecule has 14 heteroatoms. The van der Waals surface area contributed by atoms with Gasteiger partial charge in [-0.2, -0.15) is 4.67 Å². The van der Waals surface area contributed by atoms with Crippen LogP contribution in [-0.2, 0) is 28.2 Å². The van der Waals surface area contributed by atoms with E-state index < -0.39 is 62.9 Å². The summed E-state index contributed by atoms with van der Waals surface area (Å²) in [5.74, 6) is -0.513. The van der Waals surface area contributed by atoms with Gasteiger partial charge in [-0.25, -0.2) is 4.57 Å². The van der Waals surface area contributed by atoms with E-state index in [4.69, 9.17) is 23.3 Å². The zero-order valence-electron chi connectivity index (χ0n) is 21.9. The average Bonchev–Trinajstić information content (AvgIpc) is 3.39. The van der Waals surface area contributed by atoms with Crippen molar-refractivity contribution in [3.8, 4) is 11.5 Å². The normalized spacial score (nSPS) is 30.2. The summed E-state index contributed by atoms with van der Waals surface area (Å²) in [4.78, 5) is 24.6. The van der Waals surface area contributed by atoms with Crippen molar-refractivity contribution in [3.05, 3.63) is 24.3 Å². The Morgan fingerprint density at radius 2 is 1.89 bits per heavy atom. The second kappa shape index (κ2) is 13.2. The number of amides is 1. The Morgan fingerprint density at radius 3 is 2.47 bits per heavy atom. The van der Waals surface area contributed by atoms with Crippen LogP contribution in [0.2, 0.25) is 0 Å². The molecule has 38 heavy (non-hydrogen) atoms. The van der Waals surface area contributed by atoms with Crippen molar-refractivity contribution in [2.75, 3.05) is 20.3 Å². The third kappa shape index (κ3) is 7.03. The molecule has 1 aromatic carbocycles. The molecule has 2 heterocycles. The number of nitrogens with one attached hydrogen (secondary N) is 1. The number of carbonyl (C=O) groups is 2. The molecule has 0 aromatic heterocycles. The van der Waals surface area contributed by atoms with Crippen molar-refractivity contribution in [3.63, 3.8) is 0 Å². The van der Waals surface area contributed by atoms with E-state index in [0.717, 1.165) is 0 Å². The predicted octanol–water partition coefficient (Wildman–Crippen LogP) is 0.949. The smallest absolute Gasteiger partial charge is 0.462 e. The summed E-state index contributed by atoms with van der Waals surface area (Å²) in [6, 6.07) is 3.85. The van der Waals surface area contributed by atoms with Gasteiger partial charge in [0.05, 0.1) is 19.8 Å². The molecule has 2 fully saturated rings. The molecule has 3 rings (SSSR count). The first-order valence-electron chi connectivity index (χ1n) is 12.5. The summed E-state index contributed by atoms with van der Waals surface area (Å²) in [5, 5.41) is 33.6. The minimum Gasteiger partial charge on any atom is -0.497 e. The first-order valence-corrected chi connectivity index (χ1v) is 14.0. The first-order chi connectivity index (χ1) is 18.0. The molecule has 0 radical (unpaired) electrons. The number of carbonyl (C=O) groups excluding carboxylic acids is 2. The van der Waals surface area contributed by atoms with E-state index in [1.54, 1.807) is 19.1 Å². The van der Waals surface area contributed by atoms with E-state index >= 15 is 0 Å². The molecule has 214 valence electrons. The lowest BCUT2D eigenvalue weighted by Crippen LogP contribution is -2.64. The zero-order valence-corrected chi connectivity index (χ0v) is 22.8. The fraction of sp³-hybridized carbons (Fsp3) is 0.667. The topological polar surface area (TPSA) is 173 Å². The highest BCUT2D eigenvalue weighted by Gasteiger charge is 2.53. The maximum absolute atomic E-state index is 14.5. The number of aliphatic hydroxyl groups is 3. The summed E-state index contributed by atoms with van der Waals surface area (Å²) < 4.78 is 43.6. The fourth-order valence-electron chi connectivity index (χ4n) is 4.31. The van der Waals surface area contributed by atoms with E-state index in [1.165, 1.54) is 30.8 Å². The standard InChI is InChI=1S/C24H37N2O11P/c1-5-14(2)34-23(30)18-7-6-12-26(18)38(32,36-17-10-8-16(33-4)9-11-17)37-22-19(13-27)35-24(31)20(21(22)29)25-15(3)28/h8-11,14,18-22,24,27,29,31H,5-7,12-13H2,1-4H3,(H,25,28)/t14?,18-,19+,20+,21+,22+,24?,38?/m0/s1. The van der Waals surface area contributed by atoms with Gasteiger partial charge in [0.15, 0.2) is 6.29 Å². The molecule has 2 aliphatic rings. The van der Waals surface area contributed by atoms with Crippen LogP contribution in [0.5, 0.6) is 11.5 Å². The summed E-state index contributed by atoms with van der Waals surface area (Å²) in [5.41, 5.74) is 0. The van der Waals surface area contributed by atoms with Gasteiger partial charge in [0.25, 0.3) is 0 Å². The maximum atomic E-state index is 14.5. The third-order valence-electron chi connectivity index (χ3n) is 6.48. The van der Waals surface area contributed by atoms with Crippen LogP contribution in [-0.4, -0.2) is 94.9 Å². The van der Waals surface area contributed by atoms with E-state index in [-0.39, 0.29) is 18.4 Å². The van der Waals surface area contributed by atoms with Gasteiger partial charge in [0.1, 0.15) is 41.9 Å². The Morgan fingerprint density at radius 1 is 1.24 bits per heavy atom. The minimum absolute atomic E-state index is 0.125. The second-order valence-corrected chi connectivity index (χ2v) is 11.1. The molecular formula is C24H37N2O11P. The molecule has 0 saturated carbocycles. The highest BCUT2D eigenvalue weighted by atomic mass is 31.2. The van der Waals surface area contributed by atoms with Gasteiger partial charge in [-0.1, -0.05) is 6.92 Å². The van der Waals surface area contributed by atoms with Crippen LogP contribution < -0.4 is 14.6 Å². The van der Waals surface area contributed by atoms with Crippen molar-refractivity contribution in [2.24, 2.45) is 0 Å². The molecule has 3 unspecified atom stereocenters. The number of esters is 1. The van der Waals surface area contributed by atoms with E-state index in [9.17, 15) is 29.5 Å². The van der Waals surface area contributed by atoms with Crippen LogP contribution in [0.25, 0.3) is 0 Å². The maximum Gasteiger partial charge on any atom is 0.462 e. The van der Waals surface area contributed by atoms with Gasteiger partial charge in [-0.15, -0.1) is 0 Å². The number of aliphatic hydroxyl groups excluding tert-OH is 3. The van der Waals surface area contributed by atoms with Crippen LogP contribution in [0, 0.1) is 0 Å². The molecule has 0 spiro atoms. The molecule has 2 saturated heterocycles. The largest absolute Gasteiger partial charge is 0.497 e. The molecule has 2 aliphatic heterocycles. The first kappa shape index (κ1) is 30.3. The molecule has 0 bridgehead atoms. The van der Waals surface area contributed by atoms with Crippen LogP contribution in [0.4, 0.5) is 0 Å². The second-order valence-electron chi connectivity index (χ2n) is 9.25. The monoisotopic (exact) mass is 560 g/mol. The molecule has 13 nitrogen and oxygen atoms in total. The number of rotatable bonds is 11. The quantitative estimate of drug-likeness (QED) is 0.223. The summed E-state index contributed by atoms with van der Waals surface area (Å²) in [6.07, 6.45) is -5.12. The predicted molar refractivity (Wildman–Crippen MR) is 133 cm³/mol. The molecule has 1 amide bonds. The molecule has 1 aromatic rings. The fourth-order valence-corrected chi connectivity index (χ4v) is 6.47. The van der Waals surface area contributed by atoms with Crippen LogP contribution >= 0.6 is 7.75 Å². The van der Waals surface area contributed by atoms with E-state index in [1.807, 2.05) is 6.92 Å². The van der Waals surface area contributed by atoms with Gasteiger partial charge < -0.3 is 39.4 Å². The lowest BCUT2D eigenvalue weighted by molar-refractivity contribution is -0.250. The summed E-state index contributed by atoms with van der Waals surface area (Å²) >= 11 is 0. The van der Waals surface area contributed by atoms with E-state index in [0.29, 0.717) is 25.0 Å². The van der Waals surface area contributed by atoms with Crippen molar-refractivity contribution in [1.82, 2.24) is 9.99 Å². The molecule has 8 atom stereocenters. The Labute approximate surface area is 221 Å². The van der Waals surface area contributed by atoms with Crippen molar-refractivity contribution < 1.29 is 52.7 Å². The Bertz CT molecular complexity index is 994. The van der Waals surface area contributed by atoms with Gasteiger partial charge >= 0.3 is 13.7 Å². The number of benzene rings is 1. The minimum atomic E-state index is -4.46. The number of ether oxygens (including phenoxy) is 3. The molecule has 4 N–H and O–H groups in total. The summed E-state index contributed by atoms with van der Waals surface area (Å²) in [7, 11) is -2.98. The van der Waals surface area contributed by atoms with Crippen molar-refractivity contribution in [2.45, 2.75) is 82.8 Å². The van der Waals surface area contributed by atoms with Gasteiger partial charge in [0.2, 0.25) is 5.91 Å². The van der Waals surface area contributed by atoms with Crippen molar-refractivity contribution >= 4 is 19.6 Å². The highest BCUT2D eigenvalue weighted by molar-refractivity contribution is 7.51. The Kier molecular flexibility index (Phi) is 10.5. The average molecular weight is 561 g/mol. The van der Waals surface area contributed by atoms with Gasteiger partial charge in [0, 0.05) is 13.5 Å². The number of nitrogens with zero attached hydrogens (tertiary/aromatic N) is 1. The van der Waals surface area contributed by atoms with Crippen LogP contribution in [0.3, 0.4) is 0 Å². The number of hydrogen-bond donors (Lipinski definition) is 4. The number of hydrogen-bond acceptors (Lipinski definition) is 11. The Balaban J connectivity index is 1.97. The SMILES string of the molecule is CCC(C)OC(=O)[C@@H]1CCCN1P(=O)(Oc1ccc(OC)cc1)O[C@H]1[C@H](O)[C@@H](NC(C)=O)C(O)O[C@@H]1CO. The summed E-state index contributed by atoms with van der Waals surface area (Å²) in [6.45, 7) is 4.23.